The molecule has 0 amide bonds. The summed E-state index contributed by atoms with van der Waals surface area (Å²) in [5.41, 5.74) is 0.904. The summed E-state index contributed by atoms with van der Waals surface area (Å²) in [5.74, 6) is 0.553. The number of aliphatic hydroxyl groups excluding tert-OH is 1. The Morgan fingerprint density at radius 3 is 2.68 bits per heavy atom. The second kappa shape index (κ2) is 6.40. The zero-order valence-electron chi connectivity index (χ0n) is 11.1. The highest BCUT2D eigenvalue weighted by Crippen LogP contribution is 2.11. The molecule has 0 aliphatic rings. The minimum atomic E-state index is -0.639. The van der Waals surface area contributed by atoms with E-state index in [-0.39, 0.29) is 19.3 Å². The molecule has 1 atom stereocenters. The molecule has 1 aromatic heterocycles. The van der Waals surface area contributed by atoms with Gasteiger partial charge in [0.2, 0.25) is 5.82 Å². The van der Waals surface area contributed by atoms with Crippen molar-refractivity contribution in [2.24, 2.45) is 0 Å². The molecular formula is C13H18N4O2. The lowest BCUT2D eigenvalue weighted by Gasteiger charge is -2.12. The normalized spacial score (nSPS) is 12.8. The Labute approximate surface area is 112 Å². The van der Waals surface area contributed by atoms with Crippen molar-refractivity contribution < 1.29 is 9.84 Å². The molecular weight excluding hydrogens is 244 g/mol. The molecule has 1 aromatic carbocycles. The Hall–Kier alpha value is -1.79. The third-order valence-corrected chi connectivity index (χ3v) is 2.48. The average molecular weight is 262 g/mol. The van der Waals surface area contributed by atoms with Gasteiger partial charge in [-0.25, -0.2) is 0 Å². The summed E-state index contributed by atoms with van der Waals surface area (Å²) in [4.78, 5) is 1.39. The van der Waals surface area contributed by atoms with Crippen LogP contribution >= 0.6 is 0 Å². The maximum Gasteiger partial charge on any atom is 0.204 e. The molecule has 2 aromatic rings. The second-order valence-corrected chi connectivity index (χ2v) is 4.57. The number of tetrazole rings is 1. The fourth-order valence-corrected chi connectivity index (χ4v) is 1.57. The zero-order chi connectivity index (χ0) is 13.7. The first-order chi connectivity index (χ1) is 9.15. The van der Waals surface area contributed by atoms with Gasteiger partial charge in [0.15, 0.2) is 0 Å². The summed E-state index contributed by atoms with van der Waals surface area (Å²) < 4.78 is 5.33. The molecule has 0 aliphatic heterocycles. The fourth-order valence-electron chi connectivity index (χ4n) is 1.57. The van der Waals surface area contributed by atoms with Crippen molar-refractivity contribution in [2.45, 2.75) is 32.6 Å². The quantitative estimate of drug-likeness (QED) is 0.844. The number of nitrogens with zero attached hydrogens (tertiary/aromatic N) is 4. The van der Waals surface area contributed by atoms with Crippen LogP contribution in [0, 0.1) is 0 Å². The van der Waals surface area contributed by atoms with Crippen LogP contribution in [-0.2, 0) is 11.3 Å². The molecule has 0 aliphatic carbocycles. The van der Waals surface area contributed by atoms with Crippen LogP contribution in [0.2, 0.25) is 0 Å². The Kier molecular flexibility index (Phi) is 4.59. The Balaban J connectivity index is 1.94. The molecule has 2 rings (SSSR count). The van der Waals surface area contributed by atoms with Crippen LogP contribution in [0.25, 0.3) is 11.4 Å². The molecule has 0 saturated heterocycles. The Morgan fingerprint density at radius 2 is 2.00 bits per heavy atom. The van der Waals surface area contributed by atoms with Crippen LogP contribution in [0.3, 0.4) is 0 Å². The summed E-state index contributed by atoms with van der Waals surface area (Å²) in [6.07, 6.45) is -0.543. The third-order valence-electron chi connectivity index (χ3n) is 2.48. The van der Waals surface area contributed by atoms with E-state index in [9.17, 15) is 5.11 Å². The van der Waals surface area contributed by atoms with Crippen molar-refractivity contribution in [2.75, 3.05) is 6.61 Å². The molecule has 0 bridgehead atoms. The first-order valence-corrected chi connectivity index (χ1v) is 6.28. The first kappa shape index (κ1) is 13.6. The Morgan fingerprint density at radius 1 is 1.26 bits per heavy atom. The smallest absolute Gasteiger partial charge is 0.204 e. The first-order valence-electron chi connectivity index (χ1n) is 6.28. The number of ether oxygens (including phenoxy) is 1. The minimum absolute atomic E-state index is 0.0956. The Bertz CT molecular complexity index is 498. The van der Waals surface area contributed by atoms with E-state index in [1.165, 1.54) is 4.80 Å². The predicted molar refractivity (Wildman–Crippen MR) is 70.3 cm³/mol. The molecule has 6 nitrogen and oxygen atoms in total. The summed E-state index contributed by atoms with van der Waals surface area (Å²) in [6.45, 7) is 4.38. The summed E-state index contributed by atoms with van der Waals surface area (Å²) >= 11 is 0. The highest BCUT2D eigenvalue weighted by atomic mass is 16.5. The lowest BCUT2D eigenvalue weighted by atomic mass is 10.2. The highest BCUT2D eigenvalue weighted by molar-refractivity contribution is 5.52. The van der Waals surface area contributed by atoms with Gasteiger partial charge in [-0.15, -0.1) is 10.2 Å². The number of hydrogen-bond donors (Lipinski definition) is 1. The van der Waals surface area contributed by atoms with Crippen LogP contribution in [0.1, 0.15) is 13.8 Å². The van der Waals surface area contributed by atoms with Crippen molar-refractivity contribution in [1.29, 1.82) is 0 Å². The van der Waals surface area contributed by atoms with E-state index in [2.05, 4.69) is 15.4 Å². The molecule has 1 N–H and O–H groups in total. The molecule has 102 valence electrons. The van der Waals surface area contributed by atoms with E-state index in [1.807, 2.05) is 44.2 Å². The van der Waals surface area contributed by atoms with Crippen LogP contribution in [0.4, 0.5) is 0 Å². The molecule has 1 unspecified atom stereocenters. The number of aliphatic hydroxyl groups is 1. The van der Waals surface area contributed by atoms with Gasteiger partial charge >= 0.3 is 0 Å². The number of aromatic nitrogens is 4. The maximum absolute atomic E-state index is 9.78. The molecule has 19 heavy (non-hydrogen) atoms. The number of rotatable bonds is 6. The van der Waals surface area contributed by atoms with Gasteiger partial charge in [0, 0.05) is 5.56 Å². The number of benzene rings is 1. The maximum atomic E-state index is 9.78. The summed E-state index contributed by atoms with van der Waals surface area (Å²) in [7, 11) is 0. The summed E-state index contributed by atoms with van der Waals surface area (Å²) in [6, 6.07) is 9.60. The number of hydrogen-bond acceptors (Lipinski definition) is 5. The third kappa shape index (κ3) is 4.11. The predicted octanol–water partition coefficient (Wildman–Crippen LogP) is 1.13. The molecule has 0 fully saturated rings. The molecule has 6 heteroatoms. The van der Waals surface area contributed by atoms with E-state index in [4.69, 9.17) is 4.74 Å². The van der Waals surface area contributed by atoms with Gasteiger partial charge in [0.1, 0.15) is 0 Å². The van der Waals surface area contributed by atoms with E-state index < -0.39 is 6.10 Å². The van der Waals surface area contributed by atoms with Gasteiger partial charge in [-0.05, 0) is 19.1 Å². The largest absolute Gasteiger partial charge is 0.389 e. The van der Waals surface area contributed by atoms with E-state index >= 15 is 0 Å². The zero-order valence-corrected chi connectivity index (χ0v) is 11.1. The molecule has 1 heterocycles. The van der Waals surface area contributed by atoms with Gasteiger partial charge in [-0.2, -0.15) is 4.80 Å². The minimum Gasteiger partial charge on any atom is -0.389 e. The van der Waals surface area contributed by atoms with Crippen LogP contribution in [0.15, 0.2) is 30.3 Å². The SMILES string of the molecule is CC(C)OCC(O)Cn1nnc(-c2ccccc2)n1. The van der Waals surface area contributed by atoms with Gasteiger partial charge in [0.05, 0.1) is 25.4 Å². The van der Waals surface area contributed by atoms with Crippen LogP contribution in [0.5, 0.6) is 0 Å². The molecule has 0 saturated carbocycles. The van der Waals surface area contributed by atoms with Crippen LogP contribution < -0.4 is 0 Å². The monoisotopic (exact) mass is 262 g/mol. The standard InChI is InChI=1S/C13H18N4O2/c1-10(2)19-9-12(18)8-17-15-13(14-16-17)11-6-4-3-5-7-11/h3-7,10,12,18H,8-9H2,1-2H3. The highest BCUT2D eigenvalue weighted by Gasteiger charge is 2.10. The lowest BCUT2D eigenvalue weighted by molar-refractivity contribution is -0.00379. The van der Waals surface area contributed by atoms with Crippen LogP contribution in [-0.4, -0.2) is 44.1 Å². The summed E-state index contributed by atoms with van der Waals surface area (Å²) in [5, 5.41) is 21.9. The van der Waals surface area contributed by atoms with Gasteiger partial charge in [0.25, 0.3) is 0 Å². The van der Waals surface area contributed by atoms with E-state index in [0.717, 1.165) is 5.56 Å². The van der Waals surface area contributed by atoms with E-state index in [1.54, 1.807) is 0 Å². The fraction of sp³-hybridized carbons (Fsp3) is 0.462. The molecule has 0 radical (unpaired) electrons. The second-order valence-electron chi connectivity index (χ2n) is 4.57. The van der Waals surface area contributed by atoms with Crippen molar-refractivity contribution in [1.82, 2.24) is 20.2 Å². The molecule has 0 spiro atoms. The van der Waals surface area contributed by atoms with Gasteiger partial charge in [-0.3, -0.25) is 0 Å². The van der Waals surface area contributed by atoms with Gasteiger partial charge < -0.3 is 9.84 Å². The van der Waals surface area contributed by atoms with Gasteiger partial charge in [-0.1, -0.05) is 30.3 Å². The van der Waals surface area contributed by atoms with Crippen molar-refractivity contribution in [3.63, 3.8) is 0 Å². The average Bonchev–Trinajstić information content (AvgIpc) is 2.86. The van der Waals surface area contributed by atoms with Crippen molar-refractivity contribution in [3.05, 3.63) is 30.3 Å². The lowest BCUT2D eigenvalue weighted by Crippen LogP contribution is -2.25. The van der Waals surface area contributed by atoms with Crippen molar-refractivity contribution in [3.8, 4) is 11.4 Å². The van der Waals surface area contributed by atoms with Crippen molar-refractivity contribution >= 4 is 0 Å². The van der Waals surface area contributed by atoms with E-state index in [0.29, 0.717) is 5.82 Å². The topological polar surface area (TPSA) is 73.1 Å².